The zero-order chi connectivity index (χ0) is 10.4. The number of hydrogen-bond acceptors (Lipinski definition) is 3. The Morgan fingerprint density at radius 3 is 2.93 bits per heavy atom. The van der Waals surface area contributed by atoms with Crippen LogP contribution in [0.2, 0.25) is 0 Å². The molecule has 0 aliphatic carbocycles. The Morgan fingerprint density at radius 1 is 1.64 bits per heavy atom. The normalized spacial score (nSPS) is 9.07. The van der Waals surface area contributed by atoms with Crippen LogP contribution >= 0.6 is 0 Å². The first kappa shape index (κ1) is 10.1. The molecule has 0 saturated carbocycles. The summed E-state index contributed by atoms with van der Waals surface area (Å²) in [5.41, 5.74) is 0.134. The molecule has 0 saturated heterocycles. The summed E-state index contributed by atoms with van der Waals surface area (Å²) in [6, 6.07) is 2.93. The zero-order valence-electron chi connectivity index (χ0n) is 7.43. The van der Waals surface area contributed by atoms with Crippen molar-refractivity contribution in [3.05, 3.63) is 23.9 Å². The minimum Gasteiger partial charge on any atom is -0.478 e. The Morgan fingerprint density at radius 2 is 2.43 bits per heavy atom. The van der Waals surface area contributed by atoms with Crippen LogP contribution in [-0.2, 0) is 0 Å². The highest BCUT2D eigenvalue weighted by molar-refractivity contribution is 5.87. The third-order valence-electron chi connectivity index (χ3n) is 1.48. The highest BCUT2D eigenvalue weighted by Crippen LogP contribution is 2.07. The van der Waals surface area contributed by atoms with E-state index >= 15 is 0 Å². The number of terminal acetylenes is 1. The van der Waals surface area contributed by atoms with Crippen molar-refractivity contribution in [3.63, 3.8) is 0 Å². The summed E-state index contributed by atoms with van der Waals surface area (Å²) in [6.45, 7) is 0.385. The third-order valence-corrected chi connectivity index (χ3v) is 1.48. The van der Waals surface area contributed by atoms with Crippen molar-refractivity contribution >= 4 is 5.97 Å². The van der Waals surface area contributed by atoms with Crippen LogP contribution in [0.1, 0.15) is 16.8 Å². The van der Waals surface area contributed by atoms with E-state index < -0.39 is 5.97 Å². The largest absolute Gasteiger partial charge is 0.478 e. The molecule has 0 aliphatic heterocycles. The maximum atomic E-state index is 10.5. The molecule has 1 N–H and O–H groups in total. The number of hydrogen-bond donors (Lipinski definition) is 1. The maximum absolute atomic E-state index is 10.5. The summed E-state index contributed by atoms with van der Waals surface area (Å²) in [6.07, 6.45) is 6.77. The van der Waals surface area contributed by atoms with E-state index in [2.05, 4.69) is 10.9 Å². The van der Waals surface area contributed by atoms with Crippen LogP contribution < -0.4 is 4.74 Å². The number of aromatic nitrogens is 1. The van der Waals surface area contributed by atoms with Crippen molar-refractivity contribution in [3.8, 4) is 18.2 Å². The van der Waals surface area contributed by atoms with Gasteiger partial charge < -0.3 is 9.84 Å². The first-order chi connectivity index (χ1) is 6.74. The van der Waals surface area contributed by atoms with Gasteiger partial charge in [-0.15, -0.1) is 12.3 Å². The van der Waals surface area contributed by atoms with Gasteiger partial charge in [-0.2, -0.15) is 0 Å². The van der Waals surface area contributed by atoms with Crippen LogP contribution in [0.3, 0.4) is 0 Å². The fraction of sp³-hybridized carbons (Fsp3) is 0.200. The van der Waals surface area contributed by atoms with E-state index in [1.807, 2.05) is 0 Å². The first-order valence-electron chi connectivity index (χ1n) is 3.99. The van der Waals surface area contributed by atoms with Crippen molar-refractivity contribution < 1.29 is 14.6 Å². The topological polar surface area (TPSA) is 59.4 Å². The SMILES string of the molecule is C#CCCOc1ccc(C(=O)O)cn1. The molecule has 1 aromatic heterocycles. The predicted molar refractivity (Wildman–Crippen MR) is 50.1 cm³/mol. The lowest BCUT2D eigenvalue weighted by atomic mass is 10.3. The summed E-state index contributed by atoms with van der Waals surface area (Å²) in [7, 11) is 0. The van der Waals surface area contributed by atoms with Gasteiger partial charge in [-0.3, -0.25) is 0 Å². The van der Waals surface area contributed by atoms with Gasteiger partial charge in [-0.05, 0) is 6.07 Å². The Hall–Kier alpha value is -2.02. The number of aromatic carboxylic acids is 1. The lowest BCUT2D eigenvalue weighted by molar-refractivity contribution is 0.0696. The van der Waals surface area contributed by atoms with Gasteiger partial charge in [-0.1, -0.05) is 0 Å². The van der Waals surface area contributed by atoms with Crippen molar-refractivity contribution in [1.29, 1.82) is 0 Å². The van der Waals surface area contributed by atoms with E-state index in [1.54, 1.807) is 0 Å². The number of carbonyl (C=O) groups is 1. The van der Waals surface area contributed by atoms with Gasteiger partial charge in [0.1, 0.15) is 6.61 Å². The zero-order valence-corrected chi connectivity index (χ0v) is 7.43. The molecule has 4 heteroatoms. The fourth-order valence-electron chi connectivity index (χ4n) is 0.807. The summed E-state index contributed by atoms with van der Waals surface area (Å²) in [5, 5.41) is 8.58. The smallest absolute Gasteiger partial charge is 0.337 e. The van der Waals surface area contributed by atoms with E-state index in [4.69, 9.17) is 16.3 Å². The summed E-state index contributed by atoms with van der Waals surface area (Å²) in [4.78, 5) is 14.3. The van der Waals surface area contributed by atoms with Crippen molar-refractivity contribution in [2.75, 3.05) is 6.61 Å². The van der Waals surface area contributed by atoms with E-state index in [1.165, 1.54) is 18.3 Å². The number of carboxylic acids is 1. The lowest BCUT2D eigenvalue weighted by Crippen LogP contribution is -2.00. The molecular formula is C10H9NO3. The predicted octanol–water partition coefficient (Wildman–Crippen LogP) is 1.18. The number of nitrogens with zero attached hydrogens (tertiary/aromatic N) is 1. The second-order valence-corrected chi connectivity index (χ2v) is 2.49. The van der Waals surface area contributed by atoms with Crippen LogP contribution in [0.15, 0.2) is 18.3 Å². The molecule has 0 fully saturated rings. The van der Waals surface area contributed by atoms with E-state index in [0.29, 0.717) is 18.9 Å². The standard InChI is InChI=1S/C10H9NO3/c1-2-3-6-14-9-5-4-8(7-11-9)10(12)13/h1,4-5,7H,3,6H2,(H,12,13). The minimum absolute atomic E-state index is 0.134. The molecule has 0 amide bonds. The molecular weight excluding hydrogens is 182 g/mol. The van der Waals surface area contributed by atoms with Crippen LogP contribution in [-0.4, -0.2) is 22.7 Å². The average molecular weight is 191 g/mol. The van der Waals surface area contributed by atoms with Crippen LogP contribution in [0, 0.1) is 12.3 Å². The second-order valence-electron chi connectivity index (χ2n) is 2.49. The lowest BCUT2D eigenvalue weighted by Gasteiger charge is -2.02. The second kappa shape index (κ2) is 4.87. The summed E-state index contributed by atoms with van der Waals surface area (Å²) in [5.74, 6) is 1.79. The fourth-order valence-corrected chi connectivity index (χ4v) is 0.807. The highest BCUT2D eigenvalue weighted by Gasteiger charge is 2.02. The Labute approximate surface area is 81.5 Å². The van der Waals surface area contributed by atoms with Gasteiger partial charge >= 0.3 is 5.97 Å². The molecule has 72 valence electrons. The van der Waals surface area contributed by atoms with Crippen LogP contribution in [0.4, 0.5) is 0 Å². The van der Waals surface area contributed by atoms with Crippen molar-refractivity contribution in [2.24, 2.45) is 0 Å². The molecule has 0 bridgehead atoms. The molecule has 1 aromatic rings. The van der Waals surface area contributed by atoms with Gasteiger partial charge in [0.2, 0.25) is 5.88 Å². The van der Waals surface area contributed by atoms with E-state index in [-0.39, 0.29) is 5.56 Å². The Balaban J connectivity index is 2.56. The number of carboxylic acid groups (broad SMARTS) is 1. The molecule has 0 spiro atoms. The molecule has 1 heterocycles. The minimum atomic E-state index is -1.01. The number of rotatable bonds is 4. The monoisotopic (exact) mass is 191 g/mol. The Kier molecular flexibility index (Phi) is 3.50. The third kappa shape index (κ3) is 2.79. The molecule has 1 rings (SSSR count). The number of ether oxygens (including phenoxy) is 1. The molecule has 0 aliphatic rings. The van der Waals surface area contributed by atoms with Gasteiger partial charge in [0.25, 0.3) is 0 Å². The molecule has 0 atom stereocenters. The van der Waals surface area contributed by atoms with Crippen molar-refractivity contribution in [2.45, 2.75) is 6.42 Å². The summed E-state index contributed by atoms with van der Waals surface area (Å²) < 4.78 is 5.13. The molecule has 14 heavy (non-hydrogen) atoms. The molecule has 0 unspecified atom stereocenters. The van der Waals surface area contributed by atoms with Crippen LogP contribution in [0.25, 0.3) is 0 Å². The van der Waals surface area contributed by atoms with E-state index in [9.17, 15) is 4.79 Å². The summed E-state index contributed by atoms with van der Waals surface area (Å²) >= 11 is 0. The molecule has 0 radical (unpaired) electrons. The maximum Gasteiger partial charge on any atom is 0.337 e. The van der Waals surface area contributed by atoms with Gasteiger partial charge in [0.05, 0.1) is 5.56 Å². The molecule has 4 nitrogen and oxygen atoms in total. The highest BCUT2D eigenvalue weighted by atomic mass is 16.5. The van der Waals surface area contributed by atoms with Gasteiger partial charge in [-0.25, -0.2) is 9.78 Å². The van der Waals surface area contributed by atoms with Gasteiger partial charge in [0, 0.05) is 18.7 Å². The quantitative estimate of drug-likeness (QED) is 0.573. The number of pyridine rings is 1. The average Bonchev–Trinajstić information content (AvgIpc) is 2.19. The van der Waals surface area contributed by atoms with Gasteiger partial charge in [0.15, 0.2) is 0 Å². The Bertz CT molecular complexity index is 351. The van der Waals surface area contributed by atoms with Crippen LogP contribution in [0.5, 0.6) is 5.88 Å². The first-order valence-corrected chi connectivity index (χ1v) is 3.99. The molecule has 0 aromatic carbocycles. The van der Waals surface area contributed by atoms with E-state index in [0.717, 1.165) is 0 Å². The van der Waals surface area contributed by atoms with Crippen molar-refractivity contribution in [1.82, 2.24) is 4.98 Å².